The Bertz CT molecular complexity index is 601. The van der Waals surface area contributed by atoms with Gasteiger partial charge in [-0.05, 0) is 12.1 Å². The molecule has 2 aromatic rings. The molecule has 0 aliphatic carbocycles. The molecule has 0 saturated heterocycles. The fourth-order valence-corrected chi connectivity index (χ4v) is 2.17. The first-order valence-corrected chi connectivity index (χ1v) is 6.46. The zero-order valence-electron chi connectivity index (χ0n) is 10.2. The van der Waals surface area contributed by atoms with Gasteiger partial charge in [0.25, 0.3) is 11.0 Å². The van der Waals surface area contributed by atoms with Crippen LogP contribution in [0.15, 0.2) is 29.9 Å². The average molecular weight is 294 g/mol. The standard InChI is InChI=1S/C11H10N4O4S/c16-10(13-4-5-19-15(17)18)9-7-20-11(14-9)8-2-1-3-12-6-8/h1-3,6-7H,4-5H2,(H,13,16). The number of nitrogens with zero attached hydrogens (tertiary/aromatic N) is 3. The molecule has 0 spiro atoms. The maximum Gasteiger partial charge on any atom is 0.294 e. The highest BCUT2D eigenvalue weighted by Crippen LogP contribution is 2.22. The van der Waals surface area contributed by atoms with Gasteiger partial charge in [0.1, 0.15) is 17.3 Å². The largest absolute Gasteiger partial charge is 0.349 e. The summed E-state index contributed by atoms with van der Waals surface area (Å²) in [6.45, 7) is -0.155. The highest BCUT2D eigenvalue weighted by Gasteiger charge is 2.11. The lowest BCUT2D eigenvalue weighted by Crippen LogP contribution is -2.28. The van der Waals surface area contributed by atoms with Gasteiger partial charge >= 0.3 is 0 Å². The summed E-state index contributed by atoms with van der Waals surface area (Å²) in [6, 6.07) is 3.63. The molecule has 1 N–H and O–H groups in total. The van der Waals surface area contributed by atoms with E-state index in [1.165, 1.54) is 11.3 Å². The maximum atomic E-state index is 11.7. The molecule has 2 heterocycles. The van der Waals surface area contributed by atoms with Crippen molar-refractivity contribution in [3.05, 3.63) is 45.7 Å². The highest BCUT2D eigenvalue weighted by molar-refractivity contribution is 7.13. The minimum Gasteiger partial charge on any atom is -0.349 e. The number of carbonyl (C=O) groups excluding carboxylic acids is 1. The lowest BCUT2D eigenvalue weighted by Gasteiger charge is -2.01. The SMILES string of the molecule is O=C(NCCO[N+](=O)[O-])c1csc(-c2cccnc2)n1. The summed E-state index contributed by atoms with van der Waals surface area (Å²) in [6.07, 6.45) is 3.31. The Labute approximate surface area is 117 Å². The fraction of sp³-hybridized carbons (Fsp3) is 0.182. The second-order valence-electron chi connectivity index (χ2n) is 3.59. The first-order chi connectivity index (χ1) is 9.66. The quantitative estimate of drug-likeness (QED) is 0.486. The summed E-state index contributed by atoms with van der Waals surface area (Å²) in [5, 5.41) is 13.8. The van der Waals surface area contributed by atoms with E-state index in [1.807, 2.05) is 6.07 Å². The van der Waals surface area contributed by atoms with Crippen LogP contribution >= 0.6 is 11.3 Å². The number of amides is 1. The third-order valence-corrected chi connectivity index (χ3v) is 3.12. The summed E-state index contributed by atoms with van der Waals surface area (Å²) >= 11 is 1.32. The van der Waals surface area contributed by atoms with Crippen molar-refractivity contribution in [1.29, 1.82) is 0 Å². The summed E-state index contributed by atoms with van der Waals surface area (Å²) in [5.74, 6) is -0.400. The van der Waals surface area contributed by atoms with E-state index >= 15 is 0 Å². The smallest absolute Gasteiger partial charge is 0.294 e. The predicted octanol–water partition coefficient (Wildman–Crippen LogP) is 1.14. The average Bonchev–Trinajstić information content (AvgIpc) is 2.94. The molecule has 8 nitrogen and oxygen atoms in total. The van der Waals surface area contributed by atoms with Gasteiger partial charge in [-0.25, -0.2) is 4.98 Å². The van der Waals surface area contributed by atoms with Crippen molar-refractivity contribution in [2.45, 2.75) is 0 Å². The monoisotopic (exact) mass is 294 g/mol. The van der Waals surface area contributed by atoms with Crippen LogP contribution in [0, 0.1) is 10.1 Å². The lowest BCUT2D eigenvalue weighted by atomic mass is 10.3. The molecule has 0 unspecified atom stereocenters. The predicted molar refractivity (Wildman–Crippen MR) is 70.6 cm³/mol. The topological polar surface area (TPSA) is 107 Å². The van der Waals surface area contributed by atoms with Crippen LogP contribution in [0.2, 0.25) is 0 Å². The molecule has 2 aromatic heterocycles. The molecule has 0 saturated carbocycles. The van der Waals surface area contributed by atoms with E-state index in [0.717, 1.165) is 5.56 Å². The molecule has 9 heteroatoms. The second kappa shape index (κ2) is 6.57. The van der Waals surface area contributed by atoms with Crippen LogP contribution in [0.5, 0.6) is 0 Å². The molecule has 0 bridgehead atoms. The summed E-state index contributed by atoms with van der Waals surface area (Å²) in [4.78, 5) is 33.9. The zero-order chi connectivity index (χ0) is 14.4. The van der Waals surface area contributed by atoms with Gasteiger partial charge in [0.2, 0.25) is 0 Å². The van der Waals surface area contributed by atoms with Crippen molar-refractivity contribution in [3.8, 4) is 10.6 Å². The molecular formula is C11H10N4O4S. The van der Waals surface area contributed by atoms with Crippen LogP contribution < -0.4 is 5.32 Å². The Morgan fingerprint density at radius 2 is 2.40 bits per heavy atom. The van der Waals surface area contributed by atoms with Crippen molar-refractivity contribution < 1.29 is 14.7 Å². The van der Waals surface area contributed by atoms with Crippen LogP contribution in [0.1, 0.15) is 10.5 Å². The van der Waals surface area contributed by atoms with Gasteiger partial charge in [0.15, 0.2) is 0 Å². The van der Waals surface area contributed by atoms with E-state index in [-0.39, 0.29) is 18.8 Å². The first kappa shape index (κ1) is 13.9. The number of nitrogens with one attached hydrogen (secondary N) is 1. The van der Waals surface area contributed by atoms with Crippen LogP contribution in [0.4, 0.5) is 0 Å². The number of rotatable bonds is 6. The van der Waals surface area contributed by atoms with E-state index in [4.69, 9.17) is 0 Å². The van der Waals surface area contributed by atoms with Crippen molar-refractivity contribution in [3.63, 3.8) is 0 Å². The third kappa shape index (κ3) is 3.72. The minimum absolute atomic E-state index is 0.0412. The second-order valence-corrected chi connectivity index (χ2v) is 4.45. The Morgan fingerprint density at radius 1 is 1.55 bits per heavy atom. The molecule has 0 fully saturated rings. The van der Waals surface area contributed by atoms with Gasteiger partial charge in [0.05, 0.1) is 0 Å². The molecule has 0 atom stereocenters. The number of aromatic nitrogens is 2. The Kier molecular flexibility index (Phi) is 4.56. The Hall–Kier alpha value is -2.55. The molecule has 104 valence electrons. The van der Waals surface area contributed by atoms with E-state index < -0.39 is 11.0 Å². The van der Waals surface area contributed by atoms with Crippen molar-refractivity contribution in [1.82, 2.24) is 15.3 Å². The molecule has 0 aliphatic rings. The molecular weight excluding hydrogens is 284 g/mol. The number of carbonyl (C=O) groups is 1. The van der Waals surface area contributed by atoms with E-state index in [1.54, 1.807) is 23.8 Å². The van der Waals surface area contributed by atoms with Gasteiger partial charge in [-0.15, -0.1) is 21.5 Å². The van der Waals surface area contributed by atoms with E-state index in [0.29, 0.717) is 5.01 Å². The Morgan fingerprint density at radius 3 is 3.10 bits per heavy atom. The lowest BCUT2D eigenvalue weighted by molar-refractivity contribution is -0.757. The molecule has 0 aliphatic heterocycles. The van der Waals surface area contributed by atoms with Crippen molar-refractivity contribution in [2.24, 2.45) is 0 Å². The van der Waals surface area contributed by atoms with E-state index in [9.17, 15) is 14.9 Å². The molecule has 0 radical (unpaired) electrons. The molecule has 0 aromatic carbocycles. The van der Waals surface area contributed by atoms with Crippen molar-refractivity contribution in [2.75, 3.05) is 13.2 Å². The highest BCUT2D eigenvalue weighted by atomic mass is 32.1. The fourth-order valence-electron chi connectivity index (χ4n) is 1.38. The van der Waals surface area contributed by atoms with Crippen LogP contribution in [0.25, 0.3) is 10.6 Å². The van der Waals surface area contributed by atoms with Crippen LogP contribution in [-0.2, 0) is 4.84 Å². The normalized spacial score (nSPS) is 10.0. The molecule has 2 rings (SSSR count). The van der Waals surface area contributed by atoms with Gasteiger partial charge in [-0.3, -0.25) is 9.78 Å². The number of hydrogen-bond acceptors (Lipinski definition) is 7. The van der Waals surface area contributed by atoms with Crippen molar-refractivity contribution >= 4 is 17.2 Å². The molecule has 20 heavy (non-hydrogen) atoms. The first-order valence-electron chi connectivity index (χ1n) is 5.58. The summed E-state index contributed by atoms with van der Waals surface area (Å²) < 4.78 is 0. The van der Waals surface area contributed by atoms with Crippen LogP contribution in [0.3, 0.4) is 0 Å². The van der Waals surface area contributed by atoms with Gasteiger partial charge in [-0.2, -0.15) is 0 Å². The van der Waals surface area contributed by atoms with Gasteiger partial charge in [0, 0.05) is 29.9 Å². The Balaban J connectivity index is 1.92. The van der Waals surface area contributed by atoms with Crippen LogP contribution in [-0.4, -0.2) is 34.1 Å². The maximum absolute atomic E-state index is 11.7. The summed E-state index contributed by atoms with van der Waals surface area (Å²) in [7, 11) is 0. The van der Waals surface area contributed by atoms with E-state index in [2.05, 4.69) is 20.1 Å². The minimum atomic E-state index is -0.907. The molecule has 1 amide bonds. The summed E-state index contributed by atoms with van der Waals surface area (Å²) in [5.41, 5.74) is 1.09. The number of thiazole rings is 1. The van der Waals surface area contributed by atoms with Gasteiger partial charge in [-0.1, -0.05) is 0 Å². The third-order valence-electron chi connectivity index (χ3n) is 2.23. The number of hydrogen-bond donors (Lipinski definition) is 1. The number of pyridine rings is 1. The zero-order valence-corrected chi connectivity index (χ0v) is 11.0. The van der Waals surface area contributed by atoms with Gasteiger partial charge < -0.3 is 10.2 Å².